The first-order valence-corrected chi connectivity index (χ1v) is 7.50. The van der Waals surface area contributed by atoms with Gasteiger partial charge in [-0.25, -0.2) is 0 Å². The van der Waals surface area contributed by atoms with Gasteiger partial charge in [-0.3, -0.25) is 4.79 Å². The Kier molecular flexibility index (Phi) is 3.68. The number of carbonyl (C=O) groups is 1. The van der Waals surface area contributed by atoms with E-state index in [1.54, 1.807) is 0 Å². The Labute approximate surface area is 133 Å². The van der Waals surface area contributed by atoms with Crippen LogP contribution in [-0.2, 0) is 4.79 Å². The van der Waals surface area contributed by atoms with E-state index in [0.29, 0.717) is 21.9 Å². The lowest BCUT2D eigenvalue weighted by molar-refractivity contribution is -0.274. The zero-order valence-electron chi connectivity index (χ0n) is 11.2. The number of carbonyl (C=O) groups excluding carboxylic acids is 1. The highest BCUT2D eigenvalue weighted by Gasteiger charge is 2.34. The van der Waals surface area contributed by atoms with Gasteiger partial charge in [0.25, 0.3) is 5.91 Å². The van der Waals surface area contributed by atoms with E-state index in [0.717, 1.165) is 17.5 Å². The molecule has 0 spiro atoms. The van der Waals surface area contributed by atoms with Gasteiger partial charge in [0.1, 0.15) is 5.75 Å². The summed E-state index contributed by atoms with van der Waals surface area (Å²) in [6.07, 6.45) is -4.21. The van der Waals surface area contributed by atoms with Crippen molar-refractivity contribution >= 4 is 35.0 Å². The molecule has 3 rings (SSSR count). The fourth-order valence-corrected chi connectivity index (χ4v) is 3.50. The first kappa shape index (κ1) is 15.4. The molecule has 2 heterocycles. The minimum absolute atomic E-state index is 0.00999. The molecule has 0 bridgehead atoms. The molecule has 0 aliphatic carbocycles. The van der Waals surface area contributed by atoms with E-state index in [2.05, 4.69) is 15.4 Å². The summed E-state index contributed by atoms with van der Waals surface area (Å²) in [6.45, 7) is 1.87. The molecule has 1 unspecified atom stereocenters. The maximum atomic E-state index is 12.4. The molecule has 9 heteroatoms. The van der Waals surface area contributed by atoms with Crippen LogP contribution in [0.25, 0.3) is 0 Å². The molecule has 1 amide bonds. The average Bonchev–Trinajstić information content (AvgIpc) is 2.36. The summed E-state index contributed by atoms with van der Waals surface area (Å²) in [7, 11) is 0. The van der Waals surface area contributed by atoms with Gasteiger partial charge in [0.2, 0.25) is 0 Å². The van der Waals surface area contributed by atoms with E-state index in [9.17, 15) is 18.0 Å². The highest BCUT2D eigenvalue weighted by molar-refractivity contribution is 8.04. The monoisotopic (exact) mass is 350 g/mol. The number of hydrogen-bond donors (Lipinski definition) is 2. The topological polar surface area (TPSA) is 50.4 Å². The number of thioether (sulfide) groups is 1. The van der Waals surface area contributed by atoms with E-state index in [-0.39, 0.29) is 17.0 Å². The second-order valence-corrected chi connectivity index (χ2v) is 6.40. The number of amides is 1. The van der Waals surface area contributed by atoms with Crippen LogP contribution in [0, 0.1) is 0 Å². The summed E-state index contributed by atoms with van der Waals surface area (Å²) in [4.78, 5) is 12.9. The molecular weight excluding hydrogens is 341 g/mol. The number of rotatable bonds is 1. The summed E-state index contributed by atoms with van der Waals surface area (Å²) in [5.41, 5.74) is 1.31. The molecule has 1 aromatic carbocycles. The molecule has 1 atom stereocenters. The van der Waals surface area contributed by atoms with E-state index in [1.165, 1.54) is 12.1 Å². The number of benzene rings is 1. The van der Waals surface area contributed by atoms with Crippen molar-refractivity contribution in [1.82, 2.24) is 5.32 Å². The average molecular weight is 351 g/mol. The summed E-state index contributed by atoms with van der Waals surface area (Å²) in [5.74, 6) is -0.735. The molecule has 1 aromatic rings. The highest BCUT2D eigenvalue weighted by Crippen LogP contribution is 2.46. The van der Waals surface area contributed by atoms with E-state index in [4.69, 9.17) is 11.6 Å². The lowest BCUT2D eigenvalue weighted by Crippen LogP contribution is -2.39. The number of nitrogens with one attached hydrogen (secondary N) is 2. The fourth-order valence-electron chi connectivity index (χ4n) is 2.28. The highest BCUT2D eigenvalue weighted by atomic mass is 35.5. The molecule has 22 heavy (non-hydrogen) atoms. The first-order valence-electron chi connectivity index (χ1n) is 6.31. The van der Waals surface area contributed by atoms with Gasteiger partial charge in [-0.2, -0.15) is 0 Å². The summed E-state index contributed by atoms with van der Waals surface area (Å²) in [5, 5.41) is 5.69. The van der Waals surface area contributed by atoms with Crippen LogP contribution < -0.4 is 15.4 Å². The van der Waals surface area contributed by atoms with Gasteiger partial charge in [0.05, 0.1) is 15.6 Å². The predicted octanol–water partition coefficient (Wildman–Crippen LogP) is 3.88. The Morgan fingerprint density at radius 1 is 1.41 bits per heavy atom. The minimum atomic E-state index is -4.83. The number of ether oxygens (including phenoxy) is 1. The molecule has 2 N–H and O–H groups in total. The van der Waals surface area contributed by atoms with E-state index >= 15 is 0 Å². The number of hydrogen-bond acceptors (Lipinski definition) is 4. The Hall–Kier alpha value is -1.54. The van der Waals surface area contributed by atoms with Crippen molar-refractivity contribution in [3.63, 3.8) is 0 Å². The fraction of sp³-hybridized carbons (Fsp3) is 0.308. The summed E-state index contributed by atoms with van der Waals surface area (Å²) >= 11 is 6.93. The molecule has 2 aliphatic rings. The molecule has 118 valence electrons. The van der Waals surface area contributed by atoms with Crippen molar-refractivity contribution < 1.29 is 22.7 Å². The minimum Gasteiger partial charge on any atom is -0.404 e. The Morgan fingerprint density at radius 2 is 2.14 bits per heavy atom. The van der Waals surface area contributed by atoms with Crippen molar-refractivity contribution in [2.45, 2.75) is 30.6 Å². The van der Waals surface area contributed by atoms with Crippen molar-refractivity contribution in [1.29, 1.82) is 0 Å². The quantitative estimate of drug-likeness (QED) is 0.807. The second kappa shape index (κ2) is 5.27. The van der Waals surface area contributed by atoms with Gasteiger partial charge in [0, 0.05) is 23.1 Å². The van der Waals surface area contributed by atoms with Crippen LogP contribution in [0.15, 0.2) is 27.6 Å². The van der Waals surface area contributed by atoms with Crippen molar-refractivity contribution in [3.8, 4) is 5.75 Å². The van der Waals surface area contributed by atoms with Crippen molar-refractivity contribution in [2.24, 2.45) is 0 Å². The van der Waals surface area contributed by atoms with Crippen LogP contribution in [0.4, 0.5) is 18.9 Å². The first-order chi connectivity index (χ1) is 10.2. The molecule has 0 saturated heterocycles. The number of halogens is 4. The molecule has 2 aliphatic heterocycles. The lowest BCUT2D eigenvalue weighted by atomic mass is 10.1. The third-order valence-corrected chi connectivity index (χ3v) is 4.61. The number of alkyl halides is 3. The van der Waals surface area contributed by atoms with Gasteiger partial charge >= 0.3 is 6.36 Å². The smallest absolute Gasteiger partial charge is 0.404 e. The molecule has 0 aromatic heterocycles. The van der Waals surface area contributed by atoms with Crippen molar-refractivity contribution in [3.05, 3.63) is 27.8 Å². The second-order valence-electron chi connectivity index (χ2n) is 4.94. The van der Waals surface area contributed by atoms with Crippen LogP contribution >= 0.6 is 23.4 Å². The maximum absolute atomic E-state index is 12.4. The molecular formula is C13H10ClF3N2O2S. The number of fused-ring (bicyclic) bond motifs is 1. The normalized spacial score (nSPS) is 20.8. The lowest BCUT2D eigenvalue weighted by Gasteiger charge is -2.30. The maximum Gasteiger partial charge on any atom is 0.573 e. The Bertz CT molecular complexity index is 691. The van der Waals surface area contributed by atoms with Gasteiger partial charge in [-0.15, -0.1) is 13.2 Å². The zero-order chi connectivity index (χ0) is 16.1. The molecule has 0 radical (unpaired) electrons. The third kappa shape index (κ3) is 2.98. The zero-order valence-corrected chi connectivity index (χ0v) is 12.7. The predicted molar refractivity (Wildman–Crippen MR) is 76.9 cm³/mol. The van der Waals surface area contributed by atoms with E-state index in [1.807, 2.05) is 6.92 Å². The van der Waals surface area contributed by atoms with E-state index < -0.39 is 12.1 Å². The van der Waals surface area contributed by atoms with Gasteiger partial charge in [0.15, 0.2) is 0 Å². The summed E-state index contributed by atoms with van der Waals surface area (Å²) in [6, 6.07) is 2.54. The van der Waals surface area contributed by atoms with Crippen LogP contribution in [-0.4, -0.2) is 18.3 Å². The van der Waals surface area contributed by atoms with Crippen LogP contribution in [0.5, 0.6) is 5.75 Å². The molecule has 4 nitrogen and oxygen atoms in total. The van der Waals surface area contributed by atoms with Crippen LogP contribution in [0.3, 0.4) is 0 Å². The van der Waals surface area contributed by atoms with Gasteiger partial charge in [-0.1, -0.05) is 23.4 Å². The van der Waals surface area contributed by atoms with Gasteiger partial charge < -0.3 is 15.4 Å². The molecule has 0 fully saturated rings. The largest absolute Gasteiger partial charge is 0.573 e. The Balaban J connectivity index is 1.95. The van der Waals surface area contributed by atoms with Gasteiger partial charge in [-0.05, 0) is 19.1 Å². The standard InChI is InChI=1S/C13H10ClF3N2O2S/c1-5-2-8-11(12(20)18-5)22-10-4-9(21-13(15,16)17)6(14)3-7(10)19-8/h3-5,19H,2H2,1H3,(H,18,20). The van der Waals surface area contributed by atoms with Crippen LogP contribution in [0.2, 0.25) is 5.02 Å². The number of anilines is 1. The Morgan fingerprint density at radius 3 is 2.82 bits per heavy atom. The summed E-state index contributed by atoms with van der Waals surface area (Å²) < 4.78 is 40.9. The van der Waals surface area contributed by atoms with Crippen LogP contribution in [0.1, 0.15) is 13.3 Å². The third-order valence-electron chi connectivity index (χ3n) is 3.13. The molecule has 0 saturated carbocycles. The van der Waals surface area contributed by atoms with Crippen molar-refractivity contribution in [2.75, 3.05) is 5.32 Å². The SMILES string of the molecule is CC1CC2=C(Sc3cc(OC(F)(F)F)c(Cl)cc3N2)C(=O)N1.